The van der Waals surface area contributed by atoms with E-state index in [-0.39, 0.29) is 0 Å². The lowest BCUT2D eigenvalue weighted by Gasteiger charge is -2.12. The highest BCUT2D eigenvalue weighted by Gasteiger charge is 2.11. The van der Waals surface area contributed by atoms with E-state index in [4.69, 9.17) is 4.74 Å². The molecule has 1 aromatic heterocycles. The minimum Gasteiger partial charge on any atom is -0.497 e. The molecule has 1 heterocycles. The van der Waals surface area contributed by atoms with Gasteiger partial charge in [-0.05, 0) is 68.2 Å². The van der Waals surface area contributed by atoms with Gasteiger partial charge in [-0.15, -0.1) is 0 Å². The zero-order valence-electron chi connectivity index (χ0n) is 20.5. The Morgan fingerprint density at radius 3 is 1.79 bits per heavy atom. The fourth-order valence-electron chi connectivity index (χ4n) is 5.25. The van der Waals surface area contributed by atoms with Gasteiger partial charge in [-0.3, -0.25) is 0 Å². The number of nitrogens with zero attached hydrogens (tertiary/aromatic N) is 1. The van der Waals surface area contributed by atoms with Gasteiger partial charge in [0.25, 0.3) is 0 Å². The first kappa shape index (κ1) is 23.7. The Bertz CT molecular complexity index is 993. The van der Waals surface area contributed by atoms with Gasteiger partial charge in [-0.2, -0.15) is 0 Å². The van der Waals surface area contributed by atoms with Gasteiger partial charge in [0, 0.05) is 16.8 Å². The second-order valence-electron chi connectivity index (χ2n) is 9.71. The van der Waals surface area contributed by atoms with Crippen molar-refractivity contribution in [3.8, 4) is 11.4 Å². The first-order chi connectivity index (χ1) is 16.3. The molecule has 0 radical (unpaired) electrons. The zero-order chi connectivity index (χ0) is 22.7. The average molecular weight is 444 g/mol. The highest BCUT2D eigenvalue weighted by atomic mass is 16.5. The molecule has 1 fully saturated rings. The van der Waals surface area contributed by atoms with Gasteiger partial charge in [0.05, 0.1) is 12.6 Å². The van der Waals surface area contributed by atoms with Crippen LogP contribution in [0.25, 0.3) is 22.7 Å². The molecule has 33 heavy (non-hydrogen) atoms. The van der Waals surface area contributed by atoms with Crippen molar-refractivity contribution in [1.29, 1.82) is 0 Å². The third-order valence-corrected chi connectivity index (χ3v) is 7.17. The number of aromatic nitrogens is 1. The number of ether oxygens (including phenoxy) is 1. The largest absolute Gasteiger partial charge is 0.497 e. The van der Waals surface area contributed by atoms with Gasteiger partial charge in [0.2, 0.25) is 0 Å². The molecule has 0 aliphatic heterocycles. The Balaban J connectivity index is 1.61. The molecule has 2 aromatic carbocycles. The molecular weight excluding hydrogens is 402 g/mol. The topological polar surface area (TPSA) is 14.2 Å². The van der Waals surface area contributed by atoms with Gasteiger partial charge in [0.15, 0.2) is 0 Å². The number of rotatable bonds is 3. The van der Waals surface area contributed by atoms with Crippen LogP contribution in [0.1, 0.15) is 95.6 Å². The Kier molecular flexibility index (Phi) is 9.09. The number of allylic oxidation sites excluding steroid dienone is 1. The second-order valence-corrected chi connectivity index (χ2v) is 9.71. The predicted molar refractivity (Wildman–Crippen MR) is 142 cm³/mol. The highest BCUT2D eigenvalue weighted by molar-refractivity contribution is 5.86. The molecule has 0 unspecified atom stereocenters. The number of fused-ring (bicyclic) bond motifs is 1. The Hall–Kier alpha value is -2.48. The molecular formula is C31H41NO. The number of hydrogen-bond acceptors (Lipinski definition) is 1. The molecule has 0 N–H and O–H groups in total. The van der Waals surface area contributed by atoms with Crippen LogP contribution < -0.4 is 4.74 Å². The van der Waals surface area contributed by atoms with Crippen molar-refractivity contribution < 1.29 is 4.74 Å². The van der Waals surface area contributed by atoms with Crippen LogP contribution in [0, 0.1) is 0 Å². The summed E-state index contributed by atoms with van der Waals surface area (Å²) in [5.74, 6) is 0.900. The summed E-state index contributed by atoms with van der Waals surface area (Å²) in [5.41, 5.74) is 5.39. The summed E-state index contributed by atoms with van der Waals surface area (Å²) < 4.78 is 7.81. The second kappa shape index (κ2) is 12.7. The minimum absolute atomic E-state index is 0.900. The molecule has 1 saturated carbocycles. The van der Waals surface area contributed by atoms with Crippen LogP contribution in [0.15, 0.2) is 60.2 Å². The smallest absolute Gasteiger partial charge is 0.119 e. The van der Waals surface area contributed by atoms with Crippen LogP contribution in [0.4, 0.5) is 0 Å². The van der Waals surface area contributed by atoms with Crippen LogP contribution in [0.3, 0.4) is 0 Å². The van der Waals surface area contributed by atoms with E-state index in [9.17, 15) is 0 Å². The van der Waals surface area contributed by atoms with Crippen molar-refractivity contribution in [3.63, 3.8) is 0 Å². The SMILES string of the molecule is COc1ccc(-n2c(C=C3CCCCCCCCCCCCCC3)cc3ccccc32)cc1. The zero-order valence-corrected chi connectivity index (χ0v) is 20.5. The number of methoxy groups -OCH3 is 1. The normalized spacial score (nSPS) is 17.3. The predicted octanol–water partition coefficient (Wildman–Crippen LogP) is 9.50. The van der Waals surface area contributed by atoms with E-state index in [0.29, 0.717) is 0 Å². The summed E-state index contributed by atoms with van der Waals surface area (Å²) in [6, 6.07) is 19.6. The summed E-state index contributed by atoms with van der Waals surface area (Å²) in [5, 5.41) is 1.30. The molecule has 0 amide bonds. The first-order valence-corrected chi connectivity index (χ1v) is 13.3. The molecule has 176 valence electrons. The van der Waals surface area contributed by atoms with Crippen molar-refractivity contribution in [1.82, 2.24) is 4.57 Å². The van der Waals surface area contributed by atoms with E-state index in [0.717, 1.165) is 5.75 Å². The monoisotopic (exact) mass is 443 g/mol. The summed E-state index contributed by atoms with van der Waals surface area (Å²) in [6.45, 7) is 0. The molecule has 0 bridgehead atoms. The van der Waals surface area contributed by atoms with Crippen LogP contribution in [-0.2, 0) is 0 Å². The third-order valence-electron chi connectivity index (χ3n) is 7.17. The summed E-state index contributed by atoms with van der Waals surface area (Å²) in [7, 11) is 1.73. The molecule has 0 saturated heterocycles. The molecule has 2 heteroatoms. The molecule has 2 nitrogen and oxygen atoms in total. The van der Waals surface area contributed by atoms with Gasteiger partial charge in [-0.1, -0.05) is 88.0 Å². The summed E-state index contributed by atoms with van der Waals surface area (Å²) in [6.07, 6.45) is 21.8. The maximum atomic E-state index is 5.40. The van der Waals surface area contributed by atoms with E-state index >= 15 is 0 Å². The van der Waals surface area contributed by atoms with Crippen molar-refractivity contribution in [2.24, 2.45) is 0 Å². The fourth-order valence-corrected chi connectivity index (χ4v) is 5.25. The highest BCUT2D eigenvalue weighted by Crippen LogP contribution is 2.29. The fraction of sp³-hybridized carbons (Fsp3) is 0.484. The van der Waals surface area contributed by atoms with Crippen LogP contribution in [0.5, 0.6) is 5.75 Å². The van der Waals surface area contributed by atoms with E-state index in [1.54, 1.807) is 12.7 Å². The Morgan fingerprint density at radius 2 is 1.21 bits per heavy atom. The summed E-state index contributed by atoms with van der Waals surface area (Å²) in [4.78, 5) is 0. The molecule has 4 rings (SSSR count). The Morgan fingerprint density at radius 1 is 0.667 bits per heavy atom. The average Bonchev–Trinajstić information content (AvgIpc) is 3.20. The van der Waals surface area contributed by atoms with Crippen LogP contribution in [-0.4, -0.2) is 11.7 Å². The molecule has 0 atom stereocenters. The lowest BCUT2D eigenvalue weighted by atomic mass is 9.99. The molecule has 3 aromatic rings. The lowest BCUT2D eigenvalue weighted by Crippen LogP contribution is -1.98. The standard InChI is InChI=1S/C31H41NO/c1-33-30-22-20-28(21-23-30)32-29(25-27-18-14-15-19-31(27)32)24-26-16-12-10-8-6-4-2-3-5-7-9-11-13-17-26/h14-15,18-25H,2-13,16-17H2,1H3. The van der Waals surface area contributed by atoms with E-state index in [2.05, 4.69) is 65.2 Å². The molecule has 1 aliphatic carbocycles. The molecule has 1 aliphatic rings. The van der Waals surface area contributed by atoms with Crippen molar-refractivity contribution >= 4 is 17.0 Å². The number of para-hydroxylation sites is 1. The summed E-state index contributed by atoms with van der Waals surface area (Å²) >= 11 is 0. The quantitative estimate of drug-likeness (QED) is 0.393. The number of benzene rings is 2. The van der Waals surface area contributed by atoms with Crippen molar-refractivity contribution in [3.05, 3.63) is 65.9 Å². The lowest BCUT2D eigenvalue weighted by molar-refractivity contribution is 0.415. The molecule has 0 spiro atoms. The van der Waals surface area contributed by atoms with E-state index in [1.807, 2.05) is 0 Å². The maximum absolute atomic E-state index is 5.40. The Labute approximate surface area is 200 Å². The number of hydrogen-bond donors (Lipinski definition) is 0. The van der Waals surface area contributed by atoms with Crippen LogP contribution >= 0.6 is 0 Å². The van der Waals surface area contributed by atoms with Gasteiger partial charge in [-0.25, -0.2) is 0 Å². The van der Waals surface area contributed by atoms with Gasteiger partial charge in [0.1, 0.15) is 5.75 Å². The van der Waals surface area contributed by atoms with Crippen LogP contribution in [0.2, 0.25) is 0 Å². The third kappa shape index (κ3) is 6.76. The van der Waals surface area contributed by atoms with Crippen molar-refractivity contribution in [2.45, 2.75) is 89.9 Å². The maximum Gasteiger partial charge on any atom is 0.119 e. The van der Waals surface area contributed by atoms with Gasteiger partial charge >= 0.3 is 0 Å². The minimum atomic E-state index is 0.900. The van der Waals surface area contributed by atoms with Gasteiger partial charge < -0.3 is 9.30 Å². The first-order valence-electron chi connectivity index (χ1n) is 13.3. The van der Waals surface area contributed by atoms with E-state index in [1.165, 1.54) is 112 Å². The van der Waals surface area contributed by atoms with E-state index < -0.39 is 0 Å². The van der Waals surface area contributed by atoms with Crippen molar-refractivity contribution in [2.75, 3.05) is 7.11 Å².